The van der Waals surface area contributed by atoms with Crippen LogP contribution >= 0.6 is 0 Å². The van der Waals surface area contributed by atoms with Crippen LogP contribution in [0.2, 0.25) is 0 Å². The Bertz CT molecular complexity index is 517. The van der Waals surface area contributed by atoms with E-state index in [1.807, 2.05) is 0 Å². The highest BCUT2D eigenvalue weighted by atomic mass is 16.7. The first-order chi connectivity index (χ1) is 9.26. The summed E-state index contributed by atoms with van der Waals surface area (Å²) in [6.07, 6.45) is -0.195. The number of nitrogens with zero attached hydrogens (tertiary/aromatic N) is 1. The average molecular weight is 279 g/mol. The van der Waals surface area contributed by atoms with Crippen LogP contribution in [0.1, 0.15) is 38.7 Å². The van der Waals surface area contributed by atoms with E-state index in [0.29, 0.717) is 12.2 Å². The van der Waals surface area contributed by atoms with Gasteiger partial charge in [-0.1, -0.05) is 12.1 Å². The molecule has 20 heavy (non-hydrogen) atoms. The van der Waals surface area contributed by atoms with Crippen LogP contribution in [0.25, 0.3) is 0 Å². The second-order valence-corrected chi connectivity index (χ2v) is 5.83. The molecule has 1 saturated carbocycles. The lowest BCUT2D eigenvalue weighted by Gasteiger charge is -2.18. The summed E-state index contributed by atoms with van der Waals surface area (Å²) in [5, 5.41) is 10.6. The zero-order valence-corrected chi connectivity index (χ0v) is 11.7. The van der Waals surface area contributed by atoms with E-state index in [-0.39, 0.29) is 10.8 Å². The summed E-state index contributed by atoms with van der Waals surface area (Å²) >= 11 is 0. The molecule has 0 heterocycles. The van der Waals surface area contributed by atoms with Crippen molar-refractivity contribution < 1.29 is 19.2 Å². The molecule has 1 aliphatic rings. The van der Waals surface area contributed by atoms with Crippen molar-refractivity contribution in [2.75, 3.05) is 0 Å². The van der Waals surface area contributed by atoms with Gasteiger partial charge in [0.25, 0.3) is 0 Å². The zero-order valence-electron chi connectivity index (χ0n) is 11.7. The molecule has 0 amide bonds. The highest BCUT2D eigenvalue weighted by molar-refractivity contribution is 5.64. The predicted molar refractivity (Wildman–Crippen MR) is 71.4 cm³/mol. The molecule has 0 spiro atoms. The molecule has 0 N–H and O–H groups in total. The molecule has 0 bridgehead atoms. The number of hydrogen-bond donors (Lipinski definition) is 0. The summed E-state index contributed by atoms with van der Waals surface area (Å²) in [5.74, 6) is 0.335. The molecule has 0 saturated heterocycles. The Hall–Kier alpha value is -2.11. The smallest absolute Gasteiger partial charge is 0.428 e. The highest BCUT2D eigenvalue weighted by Crippen LogP contribution is 2.43. The van der Waals surface area contributed by atoms with E-state index in [0.717, 1.165) is 5.56 Å². The Labute approximate surface area is 116 Å². The van der Waals surface area contributed by atoms with E-state index in [2.05, 4.69) is 0 Å². The SMILES string of the molecule is CC(C)(C)OC(=O)Oc1ccc([C@@H]2C[C@H]2[N+](=O)[O-])cc1. The highest BCUT2D eigenvalue weighted by Gasteiger charge is 2.49. The molecule has 0 aliphatic heterocycles. The van der Waals surface area contributed by atoms with Crippen LogP contribution < -0.4 is 4.74 Å². The van der Waals surface area contributed by atoms with Gasteiger partial charge in [-0.05, 0) is 38.5 Å². The van der Waals surface area contributed by atoms with Crippen LogP contribution in [0.5, 0.6) is 5.75 Å². The molecule has 0 unspecified atom stereocenters. The first kappa shape index (κ1) is 14.3. The number of ether oxygens (including phenoxy) is 2. The Balaban J connectivity index is 1.93. The van der Waals surface area contributed by atoms with Gasteiger partial charge in [0.05, 0.1) is 5.92 Å². The lowest BCUT2D eigenvalue weighted by Crippen LogP contribution is -2.25. The molecule has 6 heteroatoms. The summed E-state index contributed by atoms with van der Waals surface area (Å²) in [7, 11) is 0. The fraction of sp³-hybridized carbons (Fsp3) is 0.500. The quantitative estimate of drug-likeness (QED) is 0.367. The topological polar surface area (TPSA) is 78.7 Å². The number of carbonyl (C=O) groups excluding carboxylic acids is 1. The maximum absolute atomic E-state index is 11.5. The van der Waals surface area contributed by atoms with Gasteiger partial charge in [-0.25, -0.2) is 4.79 Å². The van der Waals surface area contributed by atoms with Crippen molar-refractivity contribution in [3.63, 3.8) is 0 Å². The Morgan fingerprint density at radius 2 is 1.90 bits per heavy atom. The number of carbonyl (C=O) groups is 1. The van der Waals surface area contributed by atoms with Gasteiger partial charge in [-0.15, -0.1) is 0 Å². The minimum absolute atomic E-state index is 0.0272. The van der Waals surface area contributed by atoms with Crippen molar-refractivity contribution in [2.24, 2.45) is 0 Å². The monoisotopic (exact) mass is 279 g/mol. The number of rotatable bonds is 3. The first-order valence-electron chi connectivity index (χ1n) is 6.40. The second kappa shape index (κ2) is 5.11. The van der Waals surface area contributed by atoms with Gasteiger partial charge in [0.15, 0.2) is 0 Å². The fourth-order valence-electron chi connectivity index (χ4n) is 1.92. The van der Waals surface area contributed by atoms with E-state index < -0.39 is 17.8 Å². The fourth-order valence-corrected chi connectivity index (χ4v) is 1.92. The van der Waals surface area contributed by atoms with Crippen LogP contribution in [0, 0.1) is 10.1 Å². The van der Waals surface area contributed by atoms with Crippen molar-refractivity contribution in [3.8, 4) is 5.75 Å². The summed E-state index contributed by atoms with van der Waals surface area (Å²) in [6.45, 7) is 5.26. The van der Waals surface area contributed by atoms with Crippen LogP contribution in [-0.2, 0) is 4.74 Å². The van der Waals surface area contributed by atoms with E-state index >= 15 is 0 Å². The van der Waals surface area contributed by atoms with Gasteiger partial charge in [0.1, 0.15) is 11.4 Å². The largest absolute Gasteiger partial charge is 0.514 e. The molecule has 2 rings (SSSR count). The summed E-state index contributed by atoms with van der Waals surface area (Å²) in [5.41, 5.74) is 0.285. The van der Waals surface area contributed by atoms with Crippen molar-refractivity contribution >= 4 is 6.16 Å². The molecule has 6 nitrogen and oxygen atoms in total. The van der Waals surface area contributed by atoms with Crippen LogP contribution in [-0.4, -0.2) is 22.7 Å². The maximum Gasteiger partial charge on any atom is 0.514 e. The molecule has 108 valence electrons. The average Bonchev–Trinajstić information content (AvgIpc) is 3.07. The Morgan fingerprint density at radius 3 is 2.35 bits per heavy atom. The standard InChI is InChI=1S/C14H17NO5/c1-14(2,3)20-13(16)19-10-6-4-9(5-7-10)11-8-12(11)15(17)18/h4-7,11-12H,8H2,1-3H3/t11-,12+/m0/s1. The van der Waals surface area contributed by atoms with Crippen LogP contribution in [0.15, 0.2) is 24.3 Å². The van der Waals surface area contributed by atoms with Crippen molar-refractivity contribution in [3.05, 3.63) is 39.9 Å². The molecule has 1 aliphatic carbocycles. The number of nitro groups is 1. The van der Waals surface area contributed by atoms with Crippen molar-refractivity contribution in [2.45, 2.75) is 44.8 Å². The third-order valence-corrected chi connectivity index (χ3v) is 2.93. The van der Waals surface area contributed by atoms with Gasteiger partial charge in [-0.3, -0.25) is 10.1 Å². The van der Waals surface area contributed by atoms with Gasteiger partial charge in [0.2, 0.25) is 6.04 Å². The summed E-state index contributed by atoms with van der Waals surface area (Å²) in [4.78, 5) is 21.8. The number of hydrogen-bond acceptors (Lipinski definition) is 5. The molecule has 0 aromatic heterocycles. The van der Waals surface area contributed by atoms with Gasteiger partial charge in [-0.2, -0.15) is 0 Å². The first-order valence-corrected chi connectivity index (χ1v) is 6.40. The maximum atomic E-state index is 11.5. The van der Waals surface area contributed by atoms with E-state index in [9.17, 15) is 14.9 Å². The molecular weight excluding hydrogens is 262 g/mol. The molecular formula is C14H17NO5. The van der Waals surface area contributed by atoms with Crippen LogP contribution in [0.4, 0.5) is 4.79 Å². The van der Waals surface area contributed by atoms with Gasteiger partial charge in [0, 0.05) is 11.3 Å². The zero-order chi connectivity index (χ0) is 14.9. The minimum atomic E-state index is -0.764. The normalized spacial score (nSPS) is 21.1. The third kappa shape index (κ3) is 3.69. The molecule has 1 aromatic carbocycles. The minimum Gasteiger partial charge on any atom is -0.428 e. The van der Waals surface area contributed by atoms with Gasteiger partial charge < -0.3 is 9.47 Å². The Kier molecular flexibility index (Phi) is 3.65. The second-order valence-electron chi connectivity index (χ2n) is 5.83. The molecule has 1 fully saturated rings. The lowest BCUT2D eigenvalue weighted by molar-refractivity contribution is -0.496. The van der Waals surface area contributed by atoms with E-state index in [1.165, 1.54) is 0 Å². The van der Waals surface area contributed by atoms with E-state index in [4.69, 9.17) is 9.47 Å². The lowest BCUT2D eigenvalue weighted by atomic mass is 10.1. The summed E-state index contributed by atoms with van der Waals surface area (Å²) in [6, 6.07) is 6.25. The van der Waals surface area contributed by atoms with Crippen molar-refractivity contribution in [1.29, 1.82) is 0 Å². The van der Waals surface area contributed by atoms with Gasteiger partial charge >= 0.3 is 6.16 Å². The summed E-state index contributed by atoms with van der Waals surface area (Å²) < 4.78 is 10.1. The molecule has 1 aromatic rings. The van der Waals surface area contributed by atoms with Crippen molar-refractivity contribution in [1.82, 2.24) is 0 Å². The molecule has 2 atom stereocenters. The molecule has 0 radical (unpaired) electrons. The van der Waals surface area contributed by atoms with Crippen LogP contribution in [0.3, 0.4) is 0 Å². The number of benzene rings is 1. The predicted octanol–water partition coefficient (Wildman–Crippen LogP) is 3.13. The Morgan fingerprint density at radius 1 is 1.30 bits per heavy atom. The van der Waals surface area contributed by atoms with E-state index in [1.54, 1.807) is 45.0 Å². The third-order valence-electron chi connectivity index (χ3n) is 2.93.